The molecule has 0 bridgehead atoms. The molecule has 0 unspecified atom stereocenters. The quantitative estimate of drug-likeness (QED) is 0.537. The van der Waals surface area contributed by atoms with Gasteiger partial charge in [-0.1, -0.05) is 0 Å². The molecule has 1 aromatic carbocycles. The topological polar surface area (TPSA) is 93.0 Å². The molecule has 0 amide bonds. The van der Waals surface area contributed by atoms with Crippen molar-refractivity contribution in [2.75, 3.05) is 18.8 Å². The molecule has 0 radical (unpaired) electrons. The summed E-state index contributed by atoms with van der Waals surface area (Å²) in [6.45, 7) is 6.00. The van der Waals surface area contributed by atoms with E-state index in [1.165, 1.54) is 6.07 Å². The number of benzene rings is 1. The molecule has 3 heterocycles. The molecule has 3 aromatic rings. The van der Waals surface area contributed by atoms with Gasteiger partial charge in [0.05, 0.1) is 29.3 Å². The summed E-state index contributed by atoms with van der Waals surface area (Å²) in [7, 11) is 0. The number of aryl methyl sites for hydroxylation is 2. The Hall–Kier alpha value is -2.87. The van der Waals surface area contributed by atoms with Gasteiger partial charge in [-0.2, -0.15) is 15.3 Å². The first kappa shape index (κ1) is 17.2. The lowest BCUT2D eigenvalue weighted by molar-refractivity contribution is 0.0378. The SMILES string of the molecule is Cc1cn2nc(-c3cc(F)c(N)c(N=NC4CC5(CNC5)C4)c3)cc(C)c2n1. The predicted molar refractivity (Wildman–Crippen MR) is 105 cm³/mol. The van der Waals surface area contributed by atoms with Crippen LogP contribution in [0.5, 0.6) is 0 Å². The van der Waals surface area contributed by atoms with Crippen molar-refractivity contribution in [2.24, 2.45) is 15.6 Å². The molecule has 2 aromatic heterocycles. The summed E-state index contributed by atoms with van der Waals surface area (Å²) >= 11 is 0. The lowest BCUT2D eigenvalue weighted by Gasteiger charge is -2.52. The summed E-state index contributed by atoms with van der Waals surface area (Å²) in [6, 6.07) is 5.23. The van der Waals surface area contributed by atoms with Crippen LogP contribution in [0.2, 0.25) is 0 Å². The average molecular weight is 379 g/mol. The highest BCUT2D eigenvalue weighted by atomic mass is 19.1. The van der Waals surface area contributed by atoms with Gasteiger partial charge < -0.3 is 11.1 Å². The van der Waals surface area contributed by atoms with Crippen LogP contribution >= 0.6 is 0 Å². The molecule has 1 saturated carbocycles. The van der Waals surface area contributed by atoms with Gasteiger partial charge in [0.15, 0.2) is 5.65 Å². The van der Waals surface area contributed by atoms with Crippen molar-refractivity contribution in [3.05, 3.63) is 41.5 Å². The lowest BCUT2D eigenvalue weighted by Crippen LogP contribution is -2.61. The largest absolute Gasteiger partial charge is 0.395 e. The first-order chi connectivity index (χ1) is 13.4. The zero-order chi connectivity index (χ0) is 19.5. The minimum absolute atomic E-state index is 0.0168. The van der Waals surface area contributed by atoms with Gasteiger partial charge in [0, 0.05) is 18.7 Å². The van der Waals surface area contributed by atoms with Crippen LogP contribution in [0, 0.1) is 25.1 Å². The second-order valence-electron chi connectivity index (χ2n) is 8.14. The molecule has 2 fully saturated rings. The molecule has 5 rings (SSSR count). The van der Waals surface area contributed by atoms with E-state index in [1.54, 1.807) is 10.6 Å². The number of nitrogen functional groups attached to an aromatic ring is 1. The number of hydrogen-bond acceptors (Lipinski definition) is 6. The van der Waals surface area contributed by atoms with Crippen LogP contribution in [0.1, 0.15) is 24.1 Å². The van der Waals surface area contributed by atoms with Gasteiger partial charge >= 0.3 is 0 Å². The summed E-state index contributed by atoms with van der Waals surface area (Å²) in [5.74, 6) is -0.513. The second-order valence-corrected chi connectivity index (χ2v) is 8.14. The number of rotatable bonds is 3. The molecule has 3 N–H and O–H groups in total. The number of nitrogens with two attached hydrogens (primary N) is 1. The maximum absolute atomic E-state index is 14.5. The number of nitrogens with one attached hydrogen (secondary N) is 1. The first-order valence-corrected chi connectivity index (χ1v) is 9.47. The van der Waals surface area contributed by atoms with Gasteiger partial charge in [0.25, 0.3) is 0 Å². The standard InChI is InChI=1S/C20H22FN7/c1-11-3-16(27-28-8-12(2)24-19(11)28)13-4-15(21)18(22)17(5-13)26-25-14-6-20(7-14)9-23-10-20/h3-5,8,14,23H,6-7,9-10,22H2,1-2H3. The summed E-state index contributed by atoms with van der Waals surface area (Å²) in [5.41, 5.74) is 10.6. The normalized spacial score (nSPS) is 18.7. The first-order valence-electron chi connectivity index (χ1n) is 9.47. The minimum Gasteiger partial charge on any atom is -0.395 e. The molecule has 1 aliphatic heterocycles. The molecule has 2 aliphatic rings. The highest BCUT2D eigenvalue weighted by Crippen LogP contribution is 2.46. The fourth-order valence-electron chi connectivity index (χ4n) is 4.15. The number of azo groups is 1. The highest BCUT2D eigenvalue weighted by Gasteiger charge is 2.48. The van der Waals surface area contributed by atoms with Crippen molar-refractivity contribution < 1.29 is 4.39 Å². The smallest absolute Gasteiger partial charge is 0.156 e. The van der Waals surface area contributed by atoms with Crippen LogP contribution in [0.4, 0.5) is 15.8 Å². The van der Waals surface area contributed by atoms with Crippen LogP contribution in [0.3, 0.4) is 0 Å². The van der Waals surface area contributed by atoms with E-state index in [4.69, 9.17) is 5.73 Å². The number of halogens is 1. The van der Waals surface area contributed by atoms with Crippen molar-refractivity contribution >= 4 is 17.0 Å². The number of fused-ring (bicyclic) bond motifs is 1. The monoisotopic (exact) mass is 379 g/mol. The zero-order valence-electron chi connectivity index (χ0n) is 15.9. The summed E-state index contributed by atoms with van der Waals surface area (Å²) in [5, 5.41) is 16.6. The molecular formula is C20H22FN7. The molecule has 0 atom stereocenters. The number of nitrogens with zero attached hydrogens (tertiary/aromatic N) is 5. The minimum atomic E-state index is -0.513. The van der Waals surface area contributed by atoms with Gasteiger partial charge in [-0.15, -0.1) is 0 Å². The predicted octanol–water partition coefficient (Wildman–Crippen LogP) is 3.57. The van der Waals surface area contributed by atoms with E-state index in [0.29, 0.717) is 22.4 Å². The van der Waals surface area contributed by atoms with Crippen molar-refractivity contribution in [1.29, 1.82) is 0 Å². The molecule has 1 spiro atoms. The Kier molecular flexibility index (Phi) is 3.74. The van der Waals surface area contributed by atoms with Gasteiger partial charge in [0.2, 0.25) is 0 Å². The average Bonchev–Trinajstić information content (AvgIpc) is 2.96. The second kappa shape index (κ2) is 6.07. The van der Waals surface area contributed by atoms with Gasteiger partial charge in [-0.05, 0) is 55.9 Å². The lowest BCUT2D eigenvalue weighted by atomic mass is 9.62. The van der Waals surface area contributed by atoms with E-state index in [9.17, 15) is 4.39 Å². The number of imidazole rings is 1. The Morgan fingerprint density at radius 3 is 2.75 bits per heavy atom. The fourth-order valence-corrected chi connectivity index (χ4v) is 4.15. The van der Waals surface area contributed by atoms with Gasteiger partial charge in [-0.3, -0.25) is 0 Å². The van der Waals surface area contributed by atoms with Crippen molar-refractivity contribution in [3.8, 4) is 11.3 Å². The van der Waals surface area contributed by atoms with Crippen LogP contribution in [-0.2, 0) is 0 Å². The van der Waals surface area contributed by atoms with E-state index in [2.05, 4.69) is 25.6 Å². The van der Waals surface area contributed by atoms with Crippen LogP contribution < -0.4 is 11.1 Å². The third-order valence-electron chi connectivity index (χ3n) is 5.80. The molecule has 28 heavy (non-hydrogen) atoms. The number of hydrogen-bond donors (Lipinski definition) is 2. The van der Waals surface area contributed by atoms with Crippen molar-refractivity contribution in [3.63, 3.8) is 0 Å². The van der Waals surface area contributed by atoms with Crippen molar-refractivity contribution in [2.45, 2.75) is 32.7 Å². The molecule has 1 saturated heterocycles. The Bertz CT molecular complexity index is 1110. The molecule has 144 valence electrons. The molecule has 7 nitrogen and oxygen atoms in total. The highest BCUT2D eigenvalue weighted by molar-refractivity contribution is 5.73. The summed E-state index contributed by atoms with van der Waals surface area (Å²) < 4.78 is 16.2. The Labute approximate surface area is 161 Å². The Morgan fingerprint density at radius 2 is 2.04 bits per heavy atom. The van der Waals surface area contributed by atoms with Gasteiger partial charge in [0.1, 0.15) is 11.5 Å². The number of anilines is 1. The molecule has 1 aliphatic carbocycles. The number of aromatic nitrogens is 3. The van der Waals surface area contributed by atoms with Crippen LogP contribution in [0.15, 0.2) is 34.6 Å². The fraction of sp³-hybridized carbons (Fsp3) is 0.400. The maximum atomic E-state index is 14.5. The summed E-state index contributed by atoms with van der Waals surface area (Å²) in [4.78, 5) is 4.45. The van der Waals surface area contributed by atoms with E-state index in [-0.39, 0.29) is 11.7 Å². The van der Waals surface area contributed by atoms with Crippen molar-refractivity contribution in [1.82, 2.24) is 19.9 Å². The summed E-state index contributed by atoms with van der Waals surface area (Å²) in [6.07, 6.45) is 3.91. The Morgan fingerprint density at radius 1 is 1.25 bits per heavy atom. The maximum Gasteiger partial charge on any atom is 0.156 e. The van der Waals surface area contributed by atoms with E-state index in [1.807, 2.05) is 26.1 Å². The van der Waals surface area contributed by atoms with Crippen LogP contribution in [0.25, 0.3) is 16.9 Å². The van der Waals surface area contributed by atoms with E-state index in [0.717, 1.165) is 42.8 Å². The molecule has 8 heteroatoms. The third kappa shape index (κ3) is 2.75. The van der Waals surface area contributed by atoms with Gasteiger partial charge in [-0.25, -0.2) is 13.9 Å². The molecular weight excluding hydrogens is 357 g/mol. The Balaban J connectivity index is 1.47. The third-order valence-corrected chi connectivity index (χ3v) is 5.80. The zero-order valence-corrected chi connectivity index (χ0v) is 15.9. The van der Waals surface area contributed by atoms with Crippen LogP contribution in [-0.4, -0.2) is 33.7 Å². The van der Waals surface area contributed by atoms with E-state index >= 15 is 0 Å². The van der Waals surface area contributed by atoms with E-state index < -0.39 is 5.82 Å².